The van der Waals surface area contributed by atoms with Gasteiger partial charge in [-0.3, -0.25) is 4.79 Å². The van der Waals surface area contributed by atoms with E-state index in [9.17, 15) is 9.59 Å². The van der Waals surface area contributed by atoms with Crippen LogP contribution >= 0.6 is 15.9 Å². The Bertz CT molecular complexity index is 507. The van der Waals surface area contributed by atoms with Crippen molar-refractivity contribution in [3.05, 3.63) is 0 Å². The maximum atomic E-state index is 10.8. The average molecular weight is 636 g/mol. The van der Waals surface area contributed by atoms with Gasteiger partial charge in [-0.05, 0) is 39.5 Å². The maximum Gasteiger partial charge on any atom is 0.332 e. The van der Waals surface area contributed by atoms with Crippen molar-refractivity contribution >= 4 is 27.9 Å². The van der Waals surface area contributed by atoms with Gasteiger partial charge in [0.25, 0.3) is 0 Å². The van der Waals surface area contributed by atoms with E-state index in [-0.39, 0.29) is 31.4 Å². The second-order valence-corrected chi connectivity index (χ2v) is 8.20. The number of esters is 2. The van der Waals surface area contributed by atoms with Crippen LogP contribution in [0.5, 0.6) is 0 Å². The van der Waals surface area contributed by atoms with Gasteiger partial charge in [-0.25, -0.2) is 4.79 Å². The Hall–Kier alpha value is -0.900. The fourth-order valence-corrected chi connectivity index (χ4v) is 2.77. The summed E-state index contributed by atoms with van der Waals surface area (Å²) in [5, 5.41) is 8.74. The van der Waals surface area contributed by atoms with Gasteiger partial charge >= 0.3 is 11.9 Å². The molecule has 0 amide bonds. The van der Waals surface area contributed by atoms with Crippen LogP contribution < -0.4 is 0 Å². The fraction of sp³-hybridized carbons (Fsp3) is 0.923. The zero-order valence-electron chi connectivity index (χ0n) is 24.0. The lowest BCUT2D eigenvalue weighted by Crippen LogP contribution is -2.24. The molecule has 0 spiro atoms. The Labute approximate surface area is 242 Å². The van der Waals surface area contributed by atoms with Crippen molar-refractivity contribution in [3.63, 3.8) is 0 Å². The van der Waals surface area contributed by atoms with E-state index in [0.717, 1.165) is 32.5 Å². The predicted molar refractivity (Wildman–Crippen MR) is 148 cm³/mol. The summed E-state index contributed by atoms with van der Waals surface area (Å²) in [6.07, 6.45) is 4.28. The molecule has 1 rings (SSSR count). The first-order chi connectivity index (χ1) is 19.0. The number of halogens is 1. The highest BCUT2D eigenvalue weighted by Gasteiger charge is 2.13. The molecule has 1 fully saturated rings. The summed E-state index contributed by atoms with van der Waals surface area (Å²) in [5.41, 5.74) is 0. The van der Waals surface area contributed by atoms with Crippen LogP contribution in [0.2, 0.25) is 0 Å². The maximum absolute atomic E-state index is 10.8. The predicted octanol–water partition coefficient (Wildman–Crippen LogP) is 2.51. The molecule has 1 unspecified atom stereocenters. The summed E-state index contributed by atoms with van der Waals surface area (Å²) in [4.78, 5) is 21.0. The van der Waals surface area contributed by atoms with Crippen LogP contribution in [0.4, 0.5) is 0 Å². The summed E-state index contributed by atoms with van der Waals surface area (Å²) >= 11 is 2.94. The molecule has 0 saturated carbocycles. The Balaban J connectivity index is 0. The number of carbonyl (C=O) groups excluding carboxylic acids is 2. The van der Waals surface area contributed by atoms with E-state index < -0.39 is 0 Å². The van der Waals surface area contributed by atoms with E-state index in [1.807, 2.05) is 0 Å². The van der Waals surface area contributed by atoms with Gasteiger partial charge < -0.3 is 47.7 Å². The van der Waals surface area contributed by atoms with Crippen molar-refractivity contribution in [1.29, 1.82) is 0 Å². The molecule has 1 heterocycles. The third-order valence-corrected chi connectivity index (χ3v) is 4.77. The topological polar surface area (TPSA) is 137 Å². The molecule has 234 valence electrons. The van der Waals surface area contributed by atoms with E-state index in [1.54, 1.807) is 13.8 Å². The zero-order chi connectivity index (χ0) is 29.2. The molecule has 1 N–H and O–H groups in total. The van der Waals surface area contributed by atoms with Crippen molar-refractivity contribution < 1.29 is 57.3 Å². The van der Waals surface area contributed by atoms with E-state index in [0.29, 0.717) is 78.0 Å². The van der Waals surface area contributed by atoms with Gasteiger partial charge in [0, 0.05) is 13.2 Å². The molecular formula is C26H51BrO12. The highest BCUT2D eigenvalue weighted by molar-refractivity contribution is 9.09. The highest BCUT2D eigenvalue weighted by atomic mass is 79.9. The minimum Gasteiger partial charge on any atom is -0.465 e. The van der Waals surface area contributed by atoms with Gasteiger partial charge in [-0.2, -0.15) is 0 Å². The van der Waals surface area contributed by atoms with Crippen LogP contribution in [0.3, 0.4) is 0 Å². The Morgan fingerprint density at radius 1 is 0.744 bits per heavy atom. The number of aliphatic hydroxyl groups is 1. The second-order valence-electron chi connectivity index (χ2n) is 7.64. The molecule has 39 heavy (non-hydrogen) atoms. The van der Waals surface area contributed by atoms with Crippen molar-refractivity contribution in [2.24, 2.45) is 0 Å². The largest absolute Gasteiger partial charge is 0.465 e. The van der Waals surface area contributed by atoms with E-state index >= 15 is 0 Å². The van der Waals surface area contributed by atoms with Crippen LogP contribution in [-0.4, -0.2) is 128 Å². The summed E-state index contributed by atoms with van der Waals surface area (Å²) < 4.78 is 45.9. The Morgan fingerprint density at radius 2 is 1.28 bits per heavy atom. The van der Waals surface area contributed by atoms with Crippen molar-refractivity contribution in [2.75, 3.05) is 104 Å². The minimum absolute atomic E-state index is 0.0104. The molecule has 0 aromatic carbocycles. The van der Waals surface area contributed by atoms with Gasteiger partial charge in [-0.1, -0.05) is 22.9 Å². The second kappa shape index (κ2) is 35.1. The van der Waals surface area contributed by atoms with Gasteiger partial charge in [0.2, 0.25) is 0 Å². The third kappa shape index (κ3) is 35.1. The first-order valence-corrected chi connectivity index (χ1v) is 14.8. The molecule has 0 aromatic rings. The lowest BCUT2D eigenvalue weighted by atomic mass is 10.2. The van der Waals surface area contributed by atoms with E-state index in [2.05, 4.69) is 32.3 Å². The van der Waals surface area contributed by atoms with Crippen molar-refractivity contribution in [1.82, 2.24) is 0 Å². The molecule has 0 aromatic heterocycles. The van der Waals surface area contributed by atoms with Gasteiger partial charge in [0.05, 0.1) is 79.3 Å². The Morgan fingerprint density at radius 3 is 1.77 bits per heavy atom. The number of hydrogen-bond donors (Lipinski definition) is 1. The summed E-state index contributed by atoms with van der Waals surface area (Å²) in [7, 11) is 0. The number of aliphatic hydroxyl groups excluding tert-OH is 1. The lowest BCUT2D eigenvalue weighted by molar-refractivity contribution is -0.169. The molecule has 0 bridgehead atoms. The number of carbonyl (C=O) groups is 2. The van der Waals surface area contributed by atoms with Gasteiger partial charge in [0.15, 0.2) is 6.29 Å². The SMILES string of the molecule is CCCOCCOCCOCC(=O)OCC.CCOC(=O)CBr.OCCOCCOCCOC1CCCCO1. The fourth-order valence-electron chi connectivity index (χ4n) is 2.61. The molecule has 1 saturated heterocycles. The van der Waals surface area contributed by atoms with Crippen LogP contribution in [0, 0.1) is 0 Å². The molecule has 0 radical (unpaired) electrons. The van der Waals surface area contributed by atoms with E-state index in [1.165, 1.54) is 6.42 Å². The summed E-state index contributed by atoms with van der Waals surface area (Å²) in [6.45, 7) is 12.6. The molecule has 1 aliphatic rings. The van der Waals surface area contributed by atoms with Crippen molar-refractivity contribution in [3.8, 4) is 0 Å². The van der Waals surface area contributed by atoms with Crippen molar-refractivity contribution in [2.45, 2.75) is 52.7 Å². The van der Waals surface area contributed by atoms with E-state index in [4.69, 9.17) is 38.3 Å². The standard InChI is InChI=1S/2C11H22O5.C4H7BrO2/c12-4-6-13-7-8-14-9-10-16-11-3-1-2-5-15-11;1-3-5-13-6-7-14-8-9-15-10-11(12)16-4-2;1-2-7-4(6)3-5/h11-12H,1-10H2;3-10H2,1-2H3;2-3H2,1H3. The number of rotatable bonds is 22. The minimum atomic E-state index is -0.339. The monoisotopic (exact) mass is 634 g/mol. The first-order valence-electron chi connectivity index (χ1n) is 13.6. The first kappa shape index (κ1) is 40.2. The summed E-state index contributed by atoms with van der Waals surface area (Å²) in [6, 6.07) is 0. The molecular weight excluding hydrogens is 584 g/mol. The number of alkyl halides is 1. The summed E-state index contributed by atoms with van der Waals surface area (Å²) in [5.74, 6) is -0.545. The normalized spacial score (nSPS) is 14.4. The number of hydrogen-bond acceptors (Lipinski definition) is 12. The van der Waals surface area contributed by atoms with Crippen LogP contribution in [0.1, 0.15) is 46.5 Å². The zero-order valence-corrected chi connectivity index (χ0v) is 25.6. The quantitative estimate of drug-likeness (QED) is 0.106. The highest BCUT2D eigenvalue weighted by Crippen LogP contribution is 2.13. The third-order valence-electron chi connectivity index (χ3n) is 4.31. The molecule has 13 heteroatoms. The molecule has 12 nitrogen and oxygen atoms in total. The van der Waals surface area contributed by atoms with Crippen LogP contribution in [0.25, 0.3) is 0 Å². The lowest BCUT2D eigenvalue weighted by Gasteiger charge is -2.22. The molecule has 1 aliphatic heterocycles. The molecule has 0 aliphatic carbocycles. The number of ether oxygens (including phenoxy) is 9. The van der Waals surface area contributed by atoms with Crippen LogP contribution in [-0.2, 0) is 52.2 Å². The Kier molecular flexibility index (Phi) is 36.2. The van der Waals surface area contributed by atoms with Gasteiger partial charge in [0.1, 0.15) is 11.9 Å². The van der Waals surface area contributed by atoms with Gasteiger partial charge in [-0.15, -0.1) is 0 Å². The smallest absolute Gasteiger partial charge is 0.332 e. The molecule has 1 atom stereocenters. The average Bonchev–Trinajstić information content (AvgIpc) is 2.95. The van der Waals surface area contributed by atoms with Crippen LogP contribution in [0.15, 0.2) is 0 Å².